The Kier molecular flexibility index (Phi) is 1.27. The first kappa shape index (κ1) is 7.57. The summed E-state index contributed by atoms with van der Waals surface area (Å²) in [6, 6.07) is 0. The highest BCUT2D eigenvalue weighted by Gasteiger charge is 2.14. The van der Waals surface area contributed by atoms with Crippen molar-refractivity contribution in [1.82, 2.24) is 15.0 Å². The summed E-state index contributed by atoms with van der Waals surface area (Å²) in [5.74, 6) is -0.421. The standard InChI is InChI=1S/C8H5N3O2S/c12-5-4-6-3(10-2-14-6)1-9-7(4)11-8(5)13/h1-2,12-13H,(H,9,11). The van der Waals surface area contributed by atoms with Gasteiger partial charge in [-0.2, -0.15) is 0 Å². The fourth-order valence-electron chi connectivity index (χ4n) is 1.44. The topological polar surface area (TPSA) is 82.0 Å². The fraction of sp³-hybridized carbons (Fsp3) is 0. The summed E-state index contributed by atoms with van der Waals surface area (Å²) in [4.78, 5) is 10.7. The predicted molar refractivity (Wildman–Crippen MR) is 52.6 cm³/mol. The van der Waals surface area contributed by atoms with Gasteiger partial charge in [0.15, 0.2) is 5.75 Å². The van der Waals surface area contributed by atoms with Gasteiger partial charge in [0, 0.05) is 0 Å². The Morgan fingerprint density at radius 2 is 2.14 bits per heavy atom. The van der Waals surface area contributed by atoms with Gasteiger partial charge in [0.05, 0.1) is 21.8 Å². The Hall–Kier alpha value is -1.82. The molecule has 0 radical (unpaired) electrons. The van der Waals surface area contributed by atoms with Crippen molar-refractivity contribution in [1.29, 1.82) is 0 Å². The molecule has 0 saturated carbocycles. The molecule has 0 bridgehead atoms. The monoisotopic (exact) mass is 207 g/mol. The lowest BCUT2D eigenvalue weighted by Gasteiger charge is -1.90. The van der Waals surface area contributed by atoms with Crippen LogP contribution in [0.5, 0.6) is 11.6 Å². The van der Waals surface area contributed by atoms with Crippen LogP contribution in [0, 0.1) is 0 Å². The lowest BCUT2D eigenvalue weighted by molar-refractivity contribution is 0.398. The Bertz CT molecular complexity index is 628. The fourth-order valence-corrected chi connectivity index (χ4v) is 2.24. The lowest BCUT2D eigenvalue weighted by Crippen LogP contribution is -1.75. The molecular formula is C8H5N3O2S. The van der Waals surface area contributed by atoms with Crippen LogP contribution in [0.4, 0.5) is 0 Å². The normalized spacial score (nSPS) is 11.4. The highest BCUT2D eigenvalue weighted by atomic mass is 32.1. The first-order valence-electron chi connectivity index (χ1n) is 3.89. The van der Waals surface area contributed by atoms with Gasteiger partial charge in [0.25, 0.3) is 0 Å². The van der Waals surface area contributed by atoms with Crippen LogP contribution in [0.1, 0.15) is 0 Å². The second-order valence-electron chi connectivity index (χ2n) is 2.87. The van der Waals surface area contributed by atoms with E-state index in [2.05, 4.69) is 15.0 Å². The number of H-pyrrole nitrogens is 1. The summed E-state index contributed by atoms with van der Waals surface area (Å²) >= 11 is 1.40. The quantitative estimate of drug-likeness (QED) is 0.522. The minimum absolute atomic E-state index is 0.164. The number of thiazole rings is 1. The number of hydrogen-bond acceptors (Lipinski definition) is 5. The van der Waals surface area contributed by atoms with Crippen LogP contribution in [-0.2, 0) is 0 Å². The third-order valence-electron chi connectivity index (χ3n) is 2.07. The molecule has 0 aliphatic heterocycles. The van der Waals surface area contributed by atoms with E-state index in [1.807, 2.05) is 0 Å². The van der Waals surface area contributed by atoms with E-state index < -0.39 is 0 Å². The number of fused-ring (bicyclic) bond motifs is 3. The number of aromatic hydroxyl groups is 2. The van der Waals surface area contributed by atoms with E-state index in [0.29, 0.717) is 11.0 Å². The summed E-state index contributed by atoms with van der Waals surface area (Å²) in [5, 5.41) is 19.4. The molecule has 0 amide bonds. The highest BCUT2D eigenvalue weighted by Crippen LogP contribution is 2.38. The van der Waals surface area contributed by atoms with Gasteiger partial charge in [-0.05, 0) is 0 Å². The van der Waals surface area contributed by atoms with Gasteiger partial charge >= 0.3 is 0 Å². The molecule has 3 aromatic heterocycles. The van der Waals surface area contributed by atoms with Crippen LogP contribution in [0.15, 0.2) is 11.7 Å². The number of nitrogens with zero attached hydrogens (tertiary/aromatic N) is 2. The largest absolute Gasteiger partial charge is 0.503 e. The molecule has 5 nitrogen and oxygen atoms in total. The Morgan fingerprint density at radius 1 is 1.29 bits per heavy atom. The minimum Gasteiger partial charge on any atom is -0.503 e. The van der Waals surface area contributed by atoms with Crippen molar-refractivity contribution >= 4 is 32.6 Å². The molecule has 0 aromatic carbocycles. The van der Waals surface area contributed by atoms with Crippen LogP contribution in [0.2, 0.25) is 0 Å². The molecule has 0 unspecified atom stereocenters. The SMILES string of the molecule is Oc1[nH]c2ncc3ncsc3c2c1O. The van der Waals surface area contributed by atoms with Crippen molar-refractivity contribution in [3.05, 3.63) is 11.7 Å². The Balaban J connectivity index is 2.66. The van der Waals surface area contributed by atoms with E-state index in [-0.39, 0.29) is 11.6 Å². The number of nitrogens with one attached hydrogen (secondary N) is 1. The predicted octanol–water partition coefficient (Wildman–Crippen LogP) is 1.58. The first-order valence-corrected chi connectivity index (χ1v) is 4.77. The highest BCUT2D eigenvalue weighted by molar-refractivity contribution is 7.17. The summed E-state index contributed by atoms with van der Waals surface area (Å²) in [5.41, 5.74) is 2.86. The molecule has 3 rings (SSSR count). The van der Waals surface area contributed by atoms with Crippen LogP contribution in [0.3, 0.4) is 0 Å². The van der Waals surface area contributed by atoms with Crippen molar-refractivity contribution in [2.75, 3.05) is 0 Å². The van der Waals surface area contributed by atoms with Crippen LogP contribution < -0.4 is 0 Å². The van der Waals surface area contributed by atoms with E-state index in [4.69, 9.17) is 0 Å². The molecule has 3 aromatic rings. The number of pyridine rings is 1. The molecule has 0 aliphatic carbocycles. The van der Waals surface area contributed by atoms with E-state index in [0.717, 1.165) is 10.2 Å². The maximum Gasteiger partial charge on any atom is 0.234 e. The second kappa shape index (κ2) is 2.36. The summed E-state index contributed by atoms with van der Waals surface area (Å²) in [7, 11) is 0. The molecule has 14 heavy (non-hydrogen) atoms. The van der Waals surface area contributed by atoms with E-state index in [1.165, 1.54) is 11.3 Å². The molecule has 6 heteroatoms. The van der Waals surface area contributed by atoms with E-state index in [9.17, 15) is 10.2 Å². The zero-order valence-electron chi connectivity index (χ0n) is 6.85. The van der Waals surface area contributed by atoms with E-state index >= 15 is 0 Å². The molecule has 3 N–H and O–H groups in total. The molecule has 0 fully saturated rings. The third kappa shape index (κ3) is 0.779. The first-order chi connectivity index (χ1) is 6.77. The number of hydrogen-bond donors (Lipinski definition) is 3. The lowest BCUT2D eigenvalue weighted by atomic mass is 10.3. The van der Waals surface area contributed by atoms with Crippen molar-refractivity contribution < 1.29 is 10.2 Å². The maximum atomic E-state index is 9.57. The molecule has 70 valence electrons. The van der Waals surface area contributed by atoms with Crippen molar-refractivity contribution in [3.8, 4) is 11.6 Å². The Morgan fingerprint density at radius 3 is 3.00 bits per heavy atom. The van der Waals surface area contributed by atoms with E-state index in [1.54, 1.807) is 11.7 Å². The van der Waals surface area contributed by atoms with Gasteiger partial charge in [-0.25, -0.2) is 9.97 Å². The summed E-state index contributed by atoms with van der Waals surface area (Å²) < 4.78 is 0.823. The number of rotatable bonds is 0. The zero-order chi connectivity index (χ0) is 9.71. The summed E-state index contributed by atoms with van der Waals surface area (Å²) in [6.07, 6.45) is 1.60. The average molecular weight is 207 g/mol. The van der Waals surface area contributed by atoms with Crippen LogP contribution in [0.25, 0.3) is 21.3 Å². The van der Waals surface area contributed by atoms with Gasteiger partial charge in [0.1, 0.15) is 11.2 Å². The molecule has 3 heterocycles. The molecule has 0 aliphatic rings. The van der Waals surface area contributed by atoms with Gasteiger partial charge in [-0.15, -0.1) is 11.3 Å². The van der Waals surface area contributed by atoms with Crippen molar-refractivity contribution in [2.45, 2.75) is 0 Å². The zero-order valence-corrected chi connectivity index (χ0v) is 7.67. The van der Waals surface area contributed by atoms with Gasteiger partial charge < -0.3 is 15.2 Å². The van der Waals surface area contributed by atoms with Crippen LogP contribution in [-0.4, -0.2) is 25.2 Å². The average Bonchev–Trinajstić information content (AvgIpc) is 2.72. The van der Waals surface area contributed by atoms with Gasteiger partial charge in [0.2, 0.25) is 5.88 Å². The van der Waals surface area contributed by atoms with Gasteiger partial charge in [-0.3, -0.25) is 0 Å². The van der Waals surface area contributed by atoms with Crippen molar-refractivity contribution in [3.63, 3.8) is 0 Å². The second-order valence-corrected chi connectivity index (χ2v) is 3.73. The molecule has 0 saturated heterocycles. The Labute approximate surface area is 81.7 Å². The van der Waals surface area contributed by atoms with Crippen LogP contribution >= 0.6 is 11.3 Å². The summed E-state index contributed by atoms with van der Waals surface area (Å²) in [6.45, 7) is 0. The smallest absolute Gasteiger partial charge is 0.234 e. The van der Waals surface area contributed by atoms with Gasteiger partial charge in [-0.1, -0.05) is 0 Å². The third-order valence-corrected chi connectivity index (χ3v) is 2.93. The molecular weight excluding hydrogens is 202 g/mol. The maximum absolute atomic E-state index is 9.57. The number of aromatic amines is 1. The minimum atomic E-state index is -0.256. The molecule has 0 atom stereocenters. The number of aromatic nitrogens is 3. The van der Waals surface area contributed by atoms with Crippen molar-refractivity contribution in [2.24, 2.45) is 0 Å². The molecule has 0 spiro atoms.